The molecule has 1 aromatic carbocycles. The van der Waals surface area contributed by atoms with Crippen molar-refractivity contribution in [2.24, 2.45) is 11.8 Å². The largest absolute Gasteiger partial charge is 0.481 e. The Morgan fingerprint density at radius 1 is 1.20 bits per heavy atom. The number of hydrogen-bond donors (Lipinski definition) is 1. The maximum Gasteiger partial charge on any atom is 0.307 e. The number of carbonyl (C=O) groups excluding carboxylic acids is 1. The average Bonchev–Trinajstić information content (AvgIpc) is 2.35. The smallest absolute Gasteiger partial charge is 0.307 e. The standard InChI is InChI=1S/C16H22O3S/c1-11(2)15(16(18)19)14(20-12(3)17)10-9-13-7-5-4-6-8-13/h4-8,11,14-15H,9-10H2,1-3H3,(H,18,19)/t14-,15+/m1/s1. The number of thioether (sulfide) groups is 1. The molecule has 0 unspecified atom stereocenters. The summed E-state index contributed by atoms with van der Waals surface area (Å²) in [7, 11) is 0. The highest BCUT2D eigenvalue weighted by Crippen LogP contribution is 2.30. The van der Waals surface area contributed by atoms with E-state index in [-0.39, 0.29) is 16.3 Å². The fraction of sp³-hybridized carbons (Fsp3) is 0.500. The predicted octanol–water partition coefficient (Wildman–Crippen LogP) is 3.62. The molecule has 0 fully saturated rings. The molecule has 4 heteroatoms. The molecule has 0 spiro atoms. The highest BCUT2D eigenvalue weighted by Gasteiger charge is 2.32. The lowest BCUT2D eigenvalue weighted by molar-refractivity contribution is -0.143. The van der Waals surface area contributed by atoms with Crippen LogP contribution >= 0.6 is 11.8 Å². The molecule has 0 aliphatic heterocycles. The summed E-state index contributed by atoms with van der Waals surface area (Å²) in [6.07, 6.45) is 1.49. The Morgan fingerprint density at radius 3 is 2.25 bits per heavy atom. The number of benzene rings is 1. The molecular weight excluding hydrogens is 272 g/mol. The van der Waals surface area contributed by atoms with E-state index < -0.39 is 11.9 Å². The summed E-state index contributed by atoms with van der Waals surface area (Å²) in [6, 6.07) is 9.96. The second-order valence-electron chi connectivity index (χ2n) is 5.28. The molecule has 1 aromatic rings. The Bertz CT molecular complexity index is 442. The lowest BCUT2D eigenvalue weighted by Crippen LogP contribution is -2.31. The topological polar surface area (TPSA) is 54.4 Å². The lowest BCUT2D eigenvalue weighted by atomic mass is 9.89. The Kier molecular flexibility index (Phi) is 6.79. The van der Waals surface area contributed by atoms with Crippen LogP contribution in [-0.4, -0.2) is 21.4 Å². The van der Waals surface area contributed by atoms with Crippen LogP contribution in [0.25, 0.3) is 0 Å². The highest BCUT2D eigenvalue weighted by atomic mass is 32.2. The van der Waals surface area contributed by atoms with Crippen molar-refractivity contribution in [3.05, 3.63) is 35.9 Å². The summed E-state index contributed by atoms with van der Waals surface area (Å²) >= 11 is 1.16. The van der Waals surface area contributed by atoms with E-state index in [1.807, 2.05) is 44.2 Å². The van der Waals surface area contributed by atoms with E-state index in [9.17, 15) is 14.7 Å². The molecule has 1 N–H and O–H groups in total. The van der Waals surface area contributed by atoms with Crippen molar-refractivity contribution in [2.45, 2.75) is 38.9 Å². The fourth-order valence-corrected chi connectivity index (χ4v) is 3.59. The van der Waals surface area contributed by atoms with Crippen LogP contribution in [0.2, 0.25) is 0 Å². The van der Waals surface area contributed by atoms with Crippen molar-refractivity contribution in [3.63, 3.8) is 0 Å². The molecule has 2 atom stereocenters. The van der Waals surface area contributed by atoms with Gasteiger partial charge in [-0.05, 0) is 24.3 Å². The minimum Gasteiger partial charge on any atom is -0.481 e. The van der Waals surface area contributed by atoms with Gasteiger partial charge in [-0.15, -0.1) is 0 Å². The normalized spacial score (nSPS) is 14.0. The first kappa shape index (κ1) is 16.8. The van der Waals surface area contributed by atoms with Crippen LogP contribution in [0.5, 0.6) is 0 Å². The lowest BCUT2D eigenvalue weighted by Gasteiger charge is -2.25. The van der Waals surface area contributed by atoms with Gasteiger partial charge in [0.1, 0.15) is 0 Å². The van der Waals surface area contributed by atoms with Crippen molar-refractivity contribution in [1.82, 2.24) is 0 Å². The second kappa shape index (κ2) is 8.10. The van der Waals surface area contributed by atoms with Crippen LogP contribution in [0.4, 0.5) is 0 Å². The van der Waals surface area contributed by atoms with Crippen molar-refractivity contribution in [2.75, 3.05) is 0 Å². The summed E-state index contributed by atoms with van der Waals surface area (Å²) in [6.45, 7) is 5.30. The maximum absolute atomic E-state index is 11.5. The zero-order valence-corrected chi connectivity index (χ0v) is 13.0. The summed E-state index contributed by atoms with van der Waals surface area (Å²) in [5, 5.41) is 9.21. The van der Waals surface area contributed by atoms with Gasteiger partial charge >= 0.3 is 5.97 Å². The van der Waals surface area contributed by atoms with E-state index in [0.29, 0.717) is 6.42 Å². The number of carboxylic acid groups (broad SMARTS) is 1. The number of hydrogen-bond acceptors (Lipinski definition) is 3. The molecule has 0 bridgehead atoms. The minimum absolute atomic E-state index is 0.0140. The van der Waals surface area contributed by atoms with E-state index in [1.54, 1.807) is 0 Å². The van der Waals surface area contributed by atoms with Gasteiger partial charge < -0.3 is 5.11 Å². The summed E-state index contributed by atoms with van der Waals surface area (Å²) < 4.78 is 0. The molecule has 0 aliphatic carbocycles. The Labute approximate surface area is 124 Å². The van der Waals surface area contributed by atoms with E-state index in [4.69, 9.17) is 0 Å². The number of aliphatic carboxylic acids is 1. The van der Waals surface area contributed by atoms with Crippen molar-refractivity contribution in [1.29, 1.82) is 0 Å². The Morgan fingerprint density at radius 2 is 1.80 bits per heavy atom. The van der Waals surface area contributed by atoms with Crippen LogP contribution in [0.15, 0.2) is 30.3 Å². The molecule has 3 nitrogen and oxygen atoms in total. The van der Waals surface area contributed by atoms with Gasteiger partial charge in [0.05, 0.1) is 5.92 Å². The first-order valence-corrected chi connectivity index (χ1v) is 7.73. The van der Waals surface area contributed by atoms with Crippen LogP contribution < -0.4 is 0 Å². The van der Waals surface area contributed by atoms with Crippen molar-refractivity contribution in [3.8, 4) is 0 Å². The first-order valence-electron chi connectivity index (χ1n) is 6.85. The maximum atomic E-state index is 11.5. The van der Waals surface area contributed by atoms with Gasteiger partial charge in [0, 0.05) is 12.2 Å². The molecule has 0 amide bonds. The molecule has 20 heavy (non-hydrogen) atoms. The molecule has 1 rings (SSSR count). The summed E-state index contributed by atoms with van der Waals surface area (Å²) in [4.78, 5) is 22.8. The van der Waals surface area contributed by atoms with E-state index >= 15 is 0 Å². The van der Waals surface area contributed by atoms with Gasteiger partial charge in [-0.2, -0.15) is 0 Å². The van der Waals surface area contributed by atoms with Gasteiger partial charge in [0.15, 0.2) is 5.12 Å². The number of carbonyl (C=O) groups is 2. The van der Waals surface area contributed by atoms with Gasteiger partial charge in [0.25, 0.3) is 0 Å². The summed E-state index contributed by atoms with van der Waals surface area (Å²) in [5.74, 6) is -1.29. The van der Waals surface area contributed by atoms with Crippen molar-refractivity contribution < 1.29 is 14.7 Å². The monoisotopic (exact) mass is 294 g/mol. The van der Waals surface area contributed by atoms with Gasteiger partial charge in [-0.1, -0.05) is 55.9 Å². The van der Waals surface area contributed by atoms with Crippen LogP contribution in [-0.2, 0) is 16.0 Å². The predicted molar refractivity (Wildman–Crippen MR) is 82.8 cm³/mol. The van der Waals surface area contributed by atoms with E-state index in [0.717, 1.165) is 18.2 Å². The Hall–Kier alpha value is -1.29. The van der Waals surface area contributed by atoms with Crippen LogP contribution in [0.3, 0.4) is 0 Å². The zero-order chi connectivity index (χ0) is 15.1. The average molecular weight is 294 g/mol. The number of rotatable bonds is 7. The molecule has 0 saturated heterocycles. The third-order valence-corrected chi connectivity index (χ3v) is 4.45. The van der Waals surface area contributed by atoms with E-state index in [1.165, 1.54) is 12.5 Å². The Balaban J connectivity index is 2.78. The molecule has 0 aliphatic rings. The van der Waals surface area contributed by atoms with Gasteiger partial charge in [-0.3, -0.25) is 9.59 Å². The molecule has 110 valence electrons. The molecule has 0 heterocycles. The SMILES string of the molecule is CC(=O)S[C@H](CCc1ccccc1)[C@@H](C(=O)O)C(C)C. The highest BCUT2D eigenvalue weighted by molar-refractivity contribution is 8.14. The third kappa shape index (κ3) is 5.37. The van der Waals surface area contributed by atoms with Gasteiger partial charge in [-0.25, -0.2) is 0 Å². The third-order valence-electron chi connectivity index (χ3n) is 3.28. The molecule has 0 radical (unpaired) electrons. The van der Waals surface area contributed by atoms with Crippen LogP contribution in [0.1, 0.15) is 32.8 Å². The second-order valence-corrected chi connectivity index (χ2v) is 6.70. The minimum atomic E-state index is -0.813. The molecular formula is C16H22O3S. The van der Waals surface area contributed by atoms with Crippen molar-refractivity contribution >= 4 is 22.8 Å². The quantitative estimate of drug-likeness (QED) is 0.834. The number of carboxylic acids is 1. The molecule has 0 aromatic heterocycles. The summed E-state index contributed by atoms with van der Waals surface area (Å²) in [5.41, 5.74) is 1.18. The van der Waals surface area contributed by atoms with E-state index in [2.05, 4.69) is 0 Å². The molecule has 0 saturated carbocycles. The first-order chi connectivity index (χ1) is 9.41. The van der Waals surface area contributed by atoms with Gasteiger partial charge in [0.2, 0.25) is 0 Å². The fourth-order valence-electron chi connectivity index (χ4n) is 2.35. The number of aryl methyl sites for hydroxylation is 1. The zero-order valence-electron chi connectivity index (χ0n) is 12.2. The van der Waals surface area contributed by atoms with Crippen LogP contribution in [0, 0.1) is 11.8 Å².